The minimum Gasteiger partial charge on any atom is -0.459 e. The molecule has 0 fully saturated rings. The maximum atomic E-state index is 13.0. The van der Waals surface area contributed by atoms with Gasteiger partial charge in [0.15, 0.2) is 5.76 Å². The first kappa shape index (κ1) is 14.5. The van der Waals surface area contributed by atoms with Gasteiger partial charge >= 0.3 is 5.91 Å². The predicted octanol–water partition coefficient (Wildman–Crippen LogP) is 1.70. The monoisotopic (exact) mass is 318 g/mol. The van der Waals surface area contributed by atoms with Crippen molar-refractivity contribution in [2.24, 2.45) is 0 Å². The highest BCUT2D eigenvalue weighted by Gasteiger charge is 2.18. The molecule has 1 heterocycles. The molecule has 0 atom stereocenters. The van der Waals surface area contributed by atoms with Crippen LogP contribution in [0.25, 0.3) is 0 Å². The Kier molecular flexibility index (Phi) is 4.07. The van der Waals surface area contributed by atoms with E-state index >= 15 is 0 Å². The normalized spacial score (nSPS) is 11.3. The third kappa shape index (κ3) is 3.16. The Balaban J connectivity index is 2.11. The fraction of sp³-hybridized carbons (Fsp3) is 0. The number of rotatable bonds is 4. The van der Waals surface area contributed by atoms with Gasteiger partial charge in [0.05, 0.1) is 16.2 Å². The van der Waals surface area contributed by atoms with Gasteiger partial charge < -0.3 is 4.42 Å². The summed E-state index contributed by atoms with van der Waals surface area (Å²) in [6, 6.07) is 5.69. The van der Waals surface area contributed by atoms with Crippen LogP contribution in [-0.4, -0.2) is 14.3 Å². The lowest BCUT2D eigenvalue weighted by Gasteiger charge is -2.07. The van der Waals surface area contributed by atoms with E-state index in [1.54, 1.807) is 0 Å². The number of hydrazine groups is 1. The Morgan fingerprint density at radius 3 is 2.65 bits per heavy atom. The van der Waals surface area contributed by atoms with E-state index < -0.39 is 21.7 Å². The fourth-order valence-electron chi connectivity index (χ4n) is 1.29. The summed E-state index contributed by atoms with van der Waals surface area (Å²) in [7, 11) is -4.06. The maximum absolute atomic E-state index is 13.0. The summed E-state index contributed by atoms with van der Waals surface area (Å²) in [6.07, 6.45) is 1.27. The molecule has 0 saturated carbocycles. The van der Waals surface area contributed by atoms with Gasteiger partial charge in [0.25, 0.3) is 10.0 Å². The quantitative estimate of drug-likeness (QED) is 0.840. The molecule has 2 rings (SSSR count). The van der Waals surface area contributed by atoms with Crippen LogP contribution >= 0.6 is 11.6 Å². The first-order valence-electron chi connectivity index (χ1n) is 5.21. The molecule has 1 aromatic heterocycles. The average Bonchev–Trinajstić information content (AvgIpc) is 2.93. The molecule has 0 aliphatic rings. The van der Waals surface area contributed by atoms with Gasteiger partial charge in [-0.1, -0.05) is 11.6 Å². The molecule has 0 unspecified atom stereocenters. The Morgan fingerprint density at radius 1 is 1.30 bits per heavy atom. The topological polar surface area (TPSA) is 88.4 Å². The van der Waals surface area contributed by atoms with Crippen LogP contribution in [0.3, 0.4) is 0 Å². The lowest BCUT2D eigenvalue weighted by molar-refractivity contribution is 0.0917. The number of hydrogen-bond acceptors (Lipinski definition) is 4. The number of carbonyl (C=O) groups excluding carboxylic acids is 1. The van der Waals surface area contributed by atoms with Crippen LogP contribution in [0.1, 0.15) is 10.6 Å². The Hall–Kier alpha value is -1.90. The molecule has 0 saturated heterocycles. The minimum atomic E-state index is -4.06. The molecular formula is C11H8ClFN2O4S. The lowest BCUT2D eigenvalue weighted by atomic mass is 10.3. The van der Waals surface area contributed by atoms with Crippen LogP contribution in [0, 0.1) is 5.82 Å². The number of halogens is 2. The summed E-state index contributed by atoms with van der Waals surface area (Å²) in [5.74, 6) is -1.58. The summed E-state index contributed by atoms with van der Waals surface area (Å²) in [5.41, 5.74) is 1.95. The molecule has 2 N–H and O–H groups in total. The van der Waals surface area contributed by atoms with Crippen molar-refractivity contribution in [3.63, 3.8) is 0 Å². The number of amides is 1. The highest BCUT2D eigenvalue weighted by Crippen LogP contribution is 2.18. The van der Waals surface area contributed by atoms with Crippen LogP contribution in [0.4, 0.5) is 4.39 Å². The van der Waals surface area contributed by atoms with Crippen LogP contribution in [0.5, 0.6) is 0 Å². The molecule has 0 spiro atoms. The lowest BCUT2D eigenvalue weighted by Crippen LogP contribution is -2.41. The van der Waals surface area contributed by atoms with Crippen LogP contribution in [0.15, 0.2) is 45.9 Å². The van der Waals surface area contributed by atoms with Crippen molar-refractivity contribution in [2.75, 3.05) is 0 Å². The van der Waals surface area contributed by atoms with Crippen molar-refractivity contribution in [2.45, 2.75) is 4.90 Å². The summed E-state index contributed by atoms with van der Waals surface area (Å²) in [5, 5.41) is -0.342. The third-order valence-electron chi connectivity index (χ3n) is 2.25. The zero-order chi connectivity index (χ0) is 14.8. The second-order valence-corrected chi connectivity index (χ2v) is 5.70. The number of furan rings is 1. The largest absolute Gasteiger partial charge is 0.459 e. The third-order valence-corrected chi connectivity index (χ3v) is 3.78. The molecule has 6 nitrogen and oxygen atoms in total. The molecule has 106 valence electrons. The molecule has 0 bridgehead atoms. The number of carbonyl (C=O) groups is 1. The highest BCUT2D eigenvalue weighted by atomic mass is 35.5. The summed E-state index contributed by atoms with van der Waals surface area (Å²) in [6.45, 7) is 0. The van der Waals surface area contributed by atoms with Crippen LogP contribution < -0.4 is 10.3 Å². The Morgan fingerprint density at radius 2 is 2.05 bits per heavy atom. The fourth-order valence-corrected chi connectivity index (χ4v) is 2.40. The zero-order valence-corrected chi connectivity index (χ0v) is 11.3. The van der Waals surface area contributed by atoms with Crippen molar-refractivity contribution in [1.82, 2.24) is 10.3 Å². The second-order valence-electron chi connectivity index (χ2n) is 3.61. The van der Waals surface area contributed by atoms with Gasteiger partial charge in [0.2, 0.25) is 0 Å². The van der Waals surface area contributed by atoms with Crippen molar-refractivity contribution >= 4 is 27.5 Å². The molecule has 1 aromatic carbocycles. The van der Waals surface area contributed by atoms with Crippen molar-refractivity contribution < 1.29 is 22.0 Å². The number of sulfonamides is 1. The summed E-state index contributed by atoms with van der Waals surface area (Å²) >= 11 is 5.49. The first-order chi connectivity index (χ1) is 9.40. The maximum Gasteiger partial charge on any atom is 0.301 e. The van der Waals surface area contributed by atoms with Crippen molar-refractivity contribution in [1.29, 1.82) is 0 Å². The SMILES string of the molecule is O=C(NNS(=O)(=O)c1ccc(F)c(Cl)c1)c1ccco1. The molecule has 9 heteroatoms. The Labute approximate surface area is 118 Å². The van der Waals surface area contributed by atoms with E-state index in [1.807, 2.05) is 10.3 Å². The van der Waals surface area contributed by atoms with Gasteiger partial charge in [-0.05, 0) is 30.3 Å². The standard InChI is InChI=1S/C11H8ClFN2O4S/c12-8-6-7(3-4-9(8)13)20(17,18)15-14-11(16)10-2-1-5-19-10/h1-6,15H,(H,14,16). The van der Waals surface area contributed by atoms with Crippen molar-refractivity contribution in [3.05, 3.63) is 53.2 Å². The molecular weight excluding hydrogens is 311 g/mol. The number of benzene rings is 1. The number of hydrogen-bond donors (Lipinski definition) is 2. The molecule has 2 aromatic rings. The number of nitrogens with one attached hydrogen (secondary N) is 2. The van der Waals surface area contributed by atoms with Gasteiger partial charge in [0.1, 0.15) is 5.82 Å². The van der Waals surface area contributed by atoms with Crippen molar-refractivity contribution in [3.8, 4) is 0 Å². The average molecular weight is 319 g/mol. The molecule has 0 radical (unpaired) electrons. The van der Waals surface area contributed by atoms with E-state index in [4.69, 9.17) is 16.0 Å². The smallest absolute Gasteiger partial charge is 0.301 e. The molecule has 0 aliphatic heterocycles. The van der Waals surface area contributed by atoms with E-state index in [-0.39, 0.29) is 15.7 Å². The Bertz CT molecular complexity index is 731. The minimum absolute atomic E-state index is 0.0650. The van der Waals surface area contributed by atoms with E-state index in [0.29, 0.717) is 0 Å². The van der Waals surface area contributed by atoms with E-state index in [2.05, 4.69) is 0 Å². The van der Waals surface area contributed by atoms with E-state index in [0.717, 1.165) is 18.2 Å². The van der Waals surface area contributed by atoms with E-state index in [9.17, 15) is 17.6 Å². The second kappa shape index (κ2) is 5.61. The van der Waals surface area contributed by atoms with Gasteiger partial charge in [-0.2, -0.15) is 0 Å². The van der Waals surface area contributed by atoms with Gasteiger partial charge in [-0.15, -0.1) is 4.83 Å². The first-order valence-corrected chi connectivity index (χ1v) is 7.07. The highest BCUT2D eigenvalue weighted by molar-refractivity contribution is 7.89. The van der Waals surface area contributed by atoms with Gasteiger partial charge in [-0.3, -0.25) is 10.2 Å². The van der Waals surface area contributed by atoms with Crippen LogP contribution in [-0.2, 0) is 10.0 Å². The van der Waals surface area contributed by atoms with Gasteiger partial charge in [-0.25, -0.2) is 12.8 Å². The van der Waals surface area contributed by atoms with Crippen LogP contribution in [0.2, 0.25) is 5.02 Å². The zero-order valence-electron chi connectivity index (χ0n) is 9.76. The molecule has 1 amide bonds. The molecule has 20 heavy (non-hydrogen) atoms. The molecule has 0 aliphatic carbocycles. The summed E-state index contributed by atoms with van der Waals surface area (Å²) < 4.78 is 41.4. The van der Waals surface area contributed by atoms with E-state index in [1.165, 1.54) is 18.4 Å². The summed E-state index contributed by atoms with van der Waals surface area (Å²) in [4.78, 5) is 13.0. The van der Waals surface area contributed by atoms with Gasteiger partial charge in [0, 0.05) is 0 Å². The predicted molar refractivity (Wildman–Crippen MR) is 67.9 cm³/mol.